The maximum atomic E-state index is 13.0. The summed E-state index contributed by atoms with van der Waals surface area (Å²) in [7, 11) is 0. The zero-order valence-electron chi connectivity index (χ0n) is 53.5. The van der Waals surface area contributed by atoms with E-state index in [1.165, 1.54) is 186 Å². The molecule has 0 aliphatic heterocycles. The molecule has 0 aliphatic rings. The summed E-state index contributed by atoms with van der Waals surface area (Å²) >= 11 is 0. The van der Waals surface area contributed by atoms with Crippen LogP contribution in [0.4, 0.5) is 0 Å². The van der Waals surface area contributed by atoms with Crippen LogP contribution in [0.2, 0.25) is 0 Å². The molecule has 0 aromatic rings. The maximum absolute atomic E-state index is 13.0. The average Bonchev–Trinajstić information content (AvgIpc) is 3.47. The number of allylic oxidation sites excluding steroid dienone is 16. The lowest BCUT2D eigenvalue weighted by atomic mass is 10.0. The van der Waals surface area contributed by atoms with E-state index in [9.17, 15) is 14.4 Å². The quantitative estimate of drug-likeness (QED) is 0.0261. The van der Waals surface area contributed by atoms with Crippen molar-refractivity contribution in [2.45, 2.75) is 348 Å². The molecule has 0 radical (unpaired) electrons. The summed E-state index contributed by atoms with van der Waals surface area (Å²) in [5, 5.41) is 0. The van der Waals surface area contributed by atoms with Crippen LogP contribution in [0.25, 0.3) is 0 Å². The highest BCUT2D eigenvalue weighted by molar-refractivity contribution is 5.71. The van der Waals surface area contributed by atoms with Crippen LogP contribution in [0.5, 0.6) is 0 Å². The minimum absolute atomic E-state index is 0.0860. The lowest BCUT2D eigenvalue weighted by Crippen LogP contribution is -2.30. The van der Waals surface area contributed by atoms with Gasteiger partial charge in [0.1, 0.15) is 13.2 Å². The number of rotatable bonds is 63. The van der Waals surface area contributed by atoms with Crippen molar-refractivity contribution in [1.29, 1.82) is 0 Å². The fourth-order valence-electron chi connectivity index (χ4n) is 9.85. The van der Waals surface area contributed by atoms with Gasteiger partial charge in [-0.2, -0.15) is 0 Å². The van der Waals surface area contributed by atoms with E-state index in [1.807, 2.05) is 0 Å². The van der Waals surface area contributed by atoms with Crippen LogP contribution in [-0.4, -0.2) is 37.2 Å². The minimum atomic E-state index is -0.793. The predicted molar refractivity (Wildman–Crippen MR) is 353 cm³/mol. The van der Waals surface area contributed by atoms with Gasteiger partial charge in [-0.25, -0.2) is 0 Å². The van der Waals surface area contributed by atoms with Crippen LogP contribution in [0, 0.1) is 0 Å². The minimum Gasteiger partial charge on any atom is -0.462 e. The first kappa shape index (κ1) is 77.3. The molecule has 0 aromatic carbocycles. The van der Waals surface area contributed by atoms with Gasteiger partial charge in [-0.3, -0.25) is 14.4 Å². The Morgan fingerprint density at radius 1 is 0.259 bits per heavy atom. The van der Waals surface area contributed by atoms with Gasteiger partial charge >= 0.3 is 17.9 Å². The zero-order chi connectivity index (χ0) is 58.5. The first-order valence-electron chi connectivity index (χ1n) is 34.7. The van der Waals surface area contributed by atoms with Crippen LogP contribution in [0.1, 0.15) is 342 Å². The Bertz CT molecular complexity index is 1580. The third-order valence-electron chi connectivity index (χ3n) is 15.0. The smallest absolute Gasteiger partial charge is 0.306 e. The average molecular weight is 1130 g/mol. The molecule has 1 unspecified atom stereocenters. The predicted octanol–water partition coefficient (Wildman–Crippen LogP) is 24.0. The molecule has 0 N–H and O–H groups in total. The molecule has 0 aliphatic carbocycles. The summed E-state index contributed by atoms with van der Waals surface area (Å²) in [6, 6.07) is 0. The number of carbonyl (C=O) groups is 3. The summed E-state index contributed by atoms with van der Waals surface area (Å²) in [6.45, 7) is 6.53. The van der Waals surface area contributed by atoms with Crippen LogP contribution in [0.15, 0.2) is 97.2 Å². The van der Waals surface area contributed by atoms with Crippen molar-refractivity contribution in [2.75, 3.05) is 13.2 Å². The van der Waals surface area contributed by atoms with Crippen molar-refractivity contribution in [3.8, 4) is 0 Å². The van der Waals surface area contributed by atoms with Crippen LogP contribution in [-0.2, 0) is 28.6 Å². The molecule has 0 bridgehead atoms. The highest BCUT2D eigenvalue weighted by Crippen LogP contribution is 2.17. The van der Waals surface area contributed by atoms with Crippen molar-refractivity contribution >= 4 is 17.9 Å². The lowest BCUT2D eigenvalue weighted by molar-refractivity contribution is -0.167. The topological polar surface area (TPSA) is 78.9 Å². The van der Waals surface area contributed by atoms with Crippen LogP contribution < -0.4 is 0 Å². The van der Waals surface area contributed by atoms with E-state index in [2.05, 4.69) is 118 Å². The largest absolute Gasteiger partial charge is 0.462 e. The summed E-state index contributed by atoms with van der Waals surface area (Å²) in [6.07, 6.45) is 92.8. The summed E-state index contributed by atoms with van der Waals surface area (Å²) < 4.78 is 17.0. The summed E-state index contributed by atoms with van der Waals surface area (Å²) in [5.41, 5.74) is 0. The second-order valence-electron chi connectivity index (χ2n) is 23.1. The molecule has 0 heterocycles. The number of hydrogen-bond acceptors (Lipinski definition) is 6. The van der Waals surface area contributed by atoms with E-state index in [4.69, 9.17) is 14.2 Å². The Kier molecular flexibility index (Phi) is 65.7. The molecule has 466 valence electrons. The molecule has 81 heavy (non-hydrogen) atoms. The first-order valence-corrected chi connectivity index (χ1v) is 34.7. The molecule has 0 spiro atoms. The highest BCUT2D eigenvalue weighted by Gasteiger charge is 2.19. The van der Waals surface area contributed by atoms with Gasteiger partial charge in [0.2, 0.25) is 0 Å². The first-order chi connectivity index (χ1) is 40.0. The van der Waals surface area contributed by atoms with Gasteiger partial charge < -0.3 is 14.2 Å². The summed E-state index contributed by atoms with van der Waals surface area (Å²) in [4.78, 5) is 38.5. The molecule has 0 fully saturated rings. The number of esters is 3. The molecular formula is C75H130O6. The Morgan fingerprint density at radius 3 is 0.765 bits per heavy atom. The van der Waals surface area contributed by atoms with Gasteiger partial charge in [-0.05, 0) is 122 Å². The van der Waals surface area contributed by atoms with Gasteiger partial charge in [0.15, 0.2) is 6.10 Å². The Hall–Kier alpha value is -3.67. The number of hydrogen-bond donors (Lipinski definition) is 0. The lowest BCUT2D eigenvalue weighted by Gasteiger charge is -2.18. The molecular weight excluding hydrogens is 997 g/mol. The SMILES string of the molecule is CC/C=C\C/C=C\C/C=C\C/C=C\C/C=C\CCCCCCCC(=O)OC(COC(=O)CCCCCCCCC/C=C\CCCCCCCC)COC(=O)CCCCCCCCCCCCCCC/C=C\C/C=C\CCCCCCC. The summed E-state index contributed by atoms with van der Waals surface area (Å²) in [5.74, 6) is -0.895. The molecule has 0 aromatic heterocycles. The molecule has 1 atom stereocenters. The van der Waals surface area contributed by atoms with E-state index in [0.717, 1.165) is 116 Å². The Labute approximate surface area is 502 Å². The molecule has 0 saturated carbocycles. The van der Waals surface area contributed by atoms with Crippen molar-refractivity contribution in [3.05, 3.63) is 97.2 Å². The van der Waals surface area contributed by atoms with Crippen LogP contribution in [0.3, 0.4) is 0 Å². The normalized spacial score (nSPS) is 12.7. The second-order valence-corrected chi connectivity index (χ2v) is 23.1. The monoisotopic (exact) mass is 1130 g/mol. The van der Waals surface area contributed by atoms with E-state index >= 15 is 0 Å². The maximum Gasteiger partial charge on any atom is 0.306 e. The zero-order valence-corrected chi connectivity index (χ0v) is 53.5. The van der Waals surface area contributed by atoms with Crippen molar-refractivity contribution in [2.24, 2.45) is 0 Å². The van der Waals surface area contributed by atoms with Gasteiger partial charge in [0, 0.05) is 19.3 Å². The molecule has 6 heteroatoms. The van der Waals surface area contributed by atoms with Crippen molar-refractivity contribution in [1.82, 2.24) is 0 Å². The molecule has 0 rings (SSSR count). The Morgan fingerprint density at radius 2 is 0.481 bits per heavy atom. The van der Waals surface area contributed by atoms with Gasteiger partial charge in [0.05, 0.1) is 0 Å². The Balaban J connectivity index is 4.38. The standard InChI is InChI=1S/C75H130O6/c1-4-7-10-13-16-19-22-25-28-31-33-35-36-37-38-40-41-44-47-50-53-56-59-62-65-68-74(77)80-71-72(70-79-73(76)67-64-61-58-55-52-49-46-43-30-27-24-21-18-15-12-9-6-3)81-75(78)69-66-63-60-57-54-51-48-45-42-39-34-32-29-26-23-20-17-14-11-8-5-2/h8,11,17,20,22,25-27,29-31,33-34,39,45,48,72H,4-7,9-10,12-16,18-19,21,23-24,28,32,35-38,40-44,46-47,49-71H2,1-3H3/b11-8-,20-17-,25-22-,29-26-,30-27-,33-31-,39-34-,48-45-. The van der Waals surface area contributed by atoms with E-state index in [0.29, 0.717) is 19.3 Å². The van der Waals surface area contributed by atoms with Crippen molar-refractivity contribution < 1.29 is 28.6 Å². The fraction of sp³-hybridized carbons (Fsp3) is 0.747. The molecule has 0 amide bonds. The molecule has 0 saturated heterocycles. The number of ether oxygens (including phenoxy) is 3. The van der Waals surface area contributed by atoms with E-state index in [1.54, 1.807) is 0 Å². The van der Waals surface area contributed by atoms with Gasteiger partial charge in [0.25, 0.3) is 0 Å². The molecule has 6 nitrogen and oxygen atoms in total. The highest BCUT2D eigenvalue weighted by atomic mass is 16.6. The van der Waals surface area contributed by atoms with E-state index in [-0.39, 0.29) is 31.1 Å². The van der Waals surface area contributed by atoms with Gasteiger partial charge in [-0.15, -0.1) is 0 Å². The second kappa shape index (κ2) is 68.8. The van der Waals surface area contributed by atoms with E-state index < -0.39 is 6.10 Å². The fourth-order valence-corrected chi connectivity index (χ4v) is 9.85. The number of unbranched alkanes of at least 4 members (excludes halogenated alkanes) is 36. The third-order valence-corrected chi connectivity index (χ3v) is 15.0. The van der Waals surface area contributed by atoms with Crippen LogP contribution >= 0.6 is 0 Å². The number of carbonyl (C=O) groups excluding carboxylic acids is 3. The van der Waals surface area contributed by atoms with Gasteiger partial charge in [-0.1, -0.05) is 298 Å². The third kappa shape index (κ3) is 67.0. The van der Waals surface area contributed by atoms with Crippen molar-refractivity contribution in [3.63, 3.8) is 0 Å².